The van der Waals surface area contributed by atoms with Crippen molar-refractivity contribution in [2.24, 2.45) is 4.99 Å². The molecule has 1 unspecified atom stereocenters. The minimum atomic E-state index is -0.675. The first-order valence-corrected chi connectivity index (χ1v) is 7.20. The van der Waals surface area contributed by atoms with Crippen molar-refractivity contribution in [2.75, 3.05) is 19.8 Å². The number of hydrogen-bond acceptors (Lipinski definition) is 4. The van der Waals surface area contributed by atoms with Crippen molar-refractivity contribution < 1.29 is 18.6 Å². The zero-order valence-electron chi connectivity index (χ0n) is 11.6. The normalized spacial score (nSPS) is 23.3. The third-order valence-electron chi connectivity index (χ3n) is 4.45. The van der Waals surface area contributed by atoms with Gasteiger partial charge in [0.15, 0.2) is 17.3 Å². The molecular formula is C17H12FNO3. The van der Waals surface area contributed by atoms with Crippen molar-refractivity contribution in [3.05, 3.63) is 47.3 Å². The van der Waals surface area contributed by atoms with Gasteiger partial charge in [0.2, 0.25) is 0 Å². The molecule has 22 heavy (non-hydrogen) atoms. The van der Waals surface area contributed by atoms with Crippen LogP contribution in [-0.2, 0) is 5.41 Å². The van der Waals surface area contributed by atoms with Gasteiger partial charge in [0.05, 0.1) is 16.7 Å². The minimum absolute atomic E-state index is 0.174. The molecule has 3 aliphatic rings. The van der Waals surface area contributed by atoms with Gasteiger partial charge in [0.1, 0.15) is 25.6 Å². The number of hydrogen-bond donors (Lipinski definition) is 0. The summed E-state index contributed by atoms with van der Waals surface area (Å²) in [5.74, 6) is 0.674. The van der Waals surface area contributed by atoms with Gasteiger partial charge in [-0.3, -0.25) is 4.99 Å². The Morgan fingerprint density at radius 1 is 1.05 bits per heavy atom. The number of para-hydroxylation sites is 1. The molecule has 1 atom stereocenters. The SMILES string of the molecule is Fc1c2c(cc3c1C1(C=Nc4ccccc41)CO3)OCCO2. The zero-order chi connectivity index (χ0) is 14.7. The summed E-state index contributed by atoms with van der Waals surface area (Å²) in [5, 5.41) is 0. The van der Waals surface area contributed by atoms with Crippen LogP contribution in [0.5, 0.6) is 17.2 Å². The Morgan fingerprint density at radius 3 is 2.86 bits per heavy atom. The van der Waals surface area contributed by atoms with Gasteiger partial charge in [-0.15, -0.1) is 0 Å². The highest BCUT2D eigenvalue weighted by molar-refractivity contribution is 5.91. The maximum absolute atomic E-state index is 15.1. The number of halogens is 1. The summed E-state index contributed by atoms with van der Waals surface area (Å²) >= 11 is 0. The fraction of sp³-hybridized carbons (Fsp3) is 0.235. The van der Waals surface area contributed by atoms with E-state index in [1.165, 1.54) is 0 Å². The topological polar surface area (TPSA) is 40.0 Å². The Hall–Kier alpha value is -2.56. The highest BCUT2D eigenvalue weighted by Crippen LogP contribution is 2.53. The summed E-state index contributed by atoms with van der Waals surface area (Å²) in [6, 6.07) is 9.47. The van der Waals surface area contributed by atoms with E-state index < -0.39 is 11.2 Å². The Bertz CT molecular complexity index is 833. The van der Waals surface area contributed by atoms with Crippen LogP contribution in [-0.4, -0.2) is 26.0 Å². The molecule has 1 spiro atoms. The summed E-state index contributed by atoms with van der Waals surface area (Å²) in [6.07, 6.45) is 1.78. The predicted octanol–water partition coefficient (Wildman–Crippen LogP) is 2.99. The summed E-state index contributed by atoms with van der Waals surface area (Å²) in [6.45, 7) is 1.10. The van der Waals surface area contributed by atoms with E-state index in [4.69, 9.17) is 14.2 Å². The molecule has 5 rings (SSSR count). The van der Waals surface area contributed by atoms with E-state index in [2.05, 4.69) is 4.99 Å². The molecule has 3 heterocycles. The maximum atomic E-state index is 15.1. The van der Waals surface area contributed by atoms with Crippen LogP contribution in [0, 0.1) is 5.82 Å². The second kappa shape index (κ2) is 4.00. The number of aliphatic imine (C=N–C) groups is 1. The second-order valence-electron chi connectivity index (χ2n) is 5.62. The van der Waals surface area contributed by atoms with Gasteiger partial charge >= 0.3 is 0 Å². The first-order chi connectivity index (χ1) is 10.8. The van der Waals surface area contributed by atoms with Gasteiger partial charge in [-0.05, 0) is 11.6 Å². The summed E-state index contributed by atoms with van der Waals surface area (Å²) in [7, 11) is 0. The van der Waals surface area contributed by atoms with Crippen molar-refractivity contribution in [2.45, 2.75) is 5.41 Å². The summed E-state index contributed by atoms with van der Waals surface area (Å²) in [5.41, 5.74) is 1.63. The van der Waals surface area contributed by atoms with Gasteiger partial charge in [0, 0.05) is 12.3 Å². The summed E-state index contributed by atoms with van der Waals surface area (Å²) in [4.78, 5) is 4.44. The fourth-order valence-corrected chi connectivity index (χ4v) is 3.44. The number of benzene rings is 2. The van der Waals surface area contributed by atoms with E-state index in [9.17, 15) is 0 Å². The monoisotopic (exact) mass is 297 g/mol. The van der Waals surface area contributed by atoms with Crippen LogP contribution in [0.15, 0.2) is 35.3 Å². The molecule has 0 saturated carbocycles. The lowest BCUT2D eigenvalue weighted by Gasteiger charge is -2.24. The van der Waals surface area contributed by atoms with E-state index in [1.54, 1.807) is 12.3 Å². The van der Waals surface area contributed by atoms with Crippen LogP contribution in [0.4, 0.5) is 10.1 Å². The number of ether oxygens (including phenoxy) is 3. The lowest BCUT2D eigenvalue weighted by atomic mass is 9.77. The Kier molecular flexibility index (Phi) is 2.19. The lowest BCUT2D eigenvalue weighted by molar-refractivity contribution is 0.163. The maximum Gasteiger partial charge on any atom is 0.197 e. The molecule has 5 heteroatoms. The summed E-state index contributed by atoms with van der Waals surface area (Å²) < 4.78 is 31.8. The van der Waals surface area contributed by atoms with Crippen LogP contribution >= 0.6 is 0 Å². The third-order valence-corrected chi connectivity index (χ3v) is 4.45. The average molecular weight is 297 g/mol. The predicted molar refractivity (Wildman–Crippen MR) is 78.3 cm³/mol. The molecule has 4 nitrogen and oxygen atoms in total. The molecule has 3 aliphatic heterocycles. The van der Waals surface area contributed by atoms with Crippen LogP contribution in [0.25, 0.3) is 0 Å². The third kappa shape index (κ3) is 1.33. The van der Waals surface area contributed by atoms with Crippen LogP contribution in [0.1, 0.15) is 11.1 Å². The van der Waals surface area contributed by atoms with Crippen molar-refractivity contribution in [1.82, 2.24) is 0 Å². The van der Waals surface area contributed by atoms with Crippen LogP contribution < -0.4 is 14.2 Å². The van der Waals surface area contributed by atoms with Crippen molar-refractivity contribution in [3.63, 3.8) is 0 Å². The fourth-order valence-electron chi connectivity index (χ4n) is 3.44. The van der Waals surface area contributed by atoms with Gasteiger partial charge in [0.25, 0.3) is 0 Å². The molecule has 110 valence electrons. The van der Waals surface area contributed by atoms with Gasteiger partial charge in [-0.2, -0.15) is 0 Å². The number of rotatable bonds is 0. The molecule has 0 aromatic heterocycles. The highest BCUT2D eigenvalue weighted by atomic mass is 19.1. The van der Waals surface area contributed by atoms with Crippen molar-refractivity contribution >= 4 is 11.9 Å². The largest absolute Gasteiger partial charge is 0.491 e. The molecule has 0 fully saturated rings. The quantitative estimate of drug-likeness (QED) is 0.750. The minimum Gasteiger partial charge on any atom is -0.491 e. The molecule has 0 aliphatic carbocycles. The first kappa shape index (κ1) is 12.0. The van der Waals surface area contributed by atoms with E-state index in [0.717, 1.165) is 11.3 Å². The standard InChI is InChI=1S/C17H12FNO3/c18-15-14-12(7-13-16(15)21-6-5-20-13)22-9-17(14)8-19-11-4-2-1-3-10(11)17/h1-4,7-8H,5-6,9H2. The van der Waals surface area contributed by atoms with Crippen LogP contribution in [0.3, 0.4) is 0 Å². The molecular weight excluding hydrogens is 285 g/mol. The van der Waals surface area contributed by atoms with Gasteiger partial charge in [-0.1, -0.05) is 18.2 Å². The van der Waals surface area contributed by atoms with Crippen LogP contribution in [0.2, 0.25) is 0 Å². The Labute approximate surface area is 126 Å². The van der Waals surface area contributed by atoms with Gasteiger partial charge in [-0.25, -0.2) is 4.39 Å². The molecule has 0 saturated heterocycles. The Morgan fingerprint density at radius 2 is 1.91 bits per heavy atom. The lowest BCUT2D eigenvalue weighted by Crippen LogP contribution is -2.30. The van der Waals surface area contributed by atoms with Gasteiger partial charge < -0.3 is 14.2 Å². The molecule has 0 radical (unpaired) electrons. The van der Waals surface area contributed by atoms with Crippen molar-refractivity contribution in [3.8, 4) is 17.2 Å². The zero-order valence-corrected chi connectivity index (χ0v) is 11.6. The van der Waals surface area contributed by atoms with E-state index >= 15 is 4.39 Å². The average Bonchev–Trinajstić information content (AvgIpc) is 3.11. The smallest absolute Gasteiger partial charge is 0.197 e. The van der Waals surface area contributed by atoms with Crippen molar-refractivity contribution in [1.29, 1.82) is 0 Å². The second-order valence-corrected chi connectivity index (χ2v) is 5.62. The molecule has 0 amide bonds. The first-order valence-electron chi connectivity index (χ1n) is 7.20. The molecule has 0 bridgehead atoms. The number of nitrogens with zero attached hydrogens (tertiary/aromatic N) is 1. The van der Waals surface area contributed by atoms with E-state index in [-0.39, 0.29) is 5.75 Å². The number of fused-ring (bicyclic) bond motifs is 5. The molecule has 2 aromatic rings. The highest BCUT2D eigenvalue weighted by Gasteiger charge is 2.49. The molecule has 2 aromatic carbocycles. The van der Waals surface area contributed by atoms with E-state index in [1.807, 2.05) is 24.3 Å². The van der Waals surface area contributed by atoms with E-state index in [0.29, 0.717) is 36.9 Å². The molecule has 0 N–H and O–H groups in total. The Balaban J connectivity index is 1.79.